The van der Waals surface area contributed by atoms with E-state index in [9.17, 15) is 14.4 Å². The number of Topliss-reactive ketones (excluding diaryl/α,β-unsaturated/α-hetero) is 2. The van der Waals surface area contributed by atoms with Crippen LogP contribution in [0.25, 0.3) is 0 Å². The summed E-state index contributed by atoms with van der Waals surface area (Å²) in [5.41, 5.74) is -2.50. The Bertz CT molecular complexity index is 1390. The Kier molecular flexibility index (Phi) is 11.4. The molecule has 2 aromatic rings. The first-order valence-corrected chi connectivity index (χ1v) is 19.4. The van der Waals surface area contributed by atoms with Crippen molar-refractivity contribution in [3.63, 3.8) is 0 Å². The van der Waals surface area contributed by atoms with Crippen LogP contribution in [0.4, 0.5) is 0 Å². The molecule has 48 heavy (non-hydrogen) atoms. The van der Waals surface area contributed by atoms with Gasteiger partial charge in [0.25, 0.3) is 8.32 Å². The summed E-state index contributed by atoms with van der Waals surface area (Å²) >= 11 is 0. The van der Waals surface area contributed by atoms with E-state index in [0.717, 1.165) is 10.4 Å². The van der Waals surface area contributed by atoms with Crippen LogP contribution in [0.2, 0.25) is 5.04 Å². The second kappa shape index (κ2) is 14.3. The quantitative estimate of drug-likeness (QED) is 0.148. The van der Waals surface area contributed by atoms with Crippen LogP contribution < -0.4 is 10.4 Å². The first-order chi connectivity index (χ1) is 22.4. The number of hydrogen-bond donors (Lipinski definition) is 0. The summed E-state index contributed by atoms with van der Waals surface area (Å²) in [5.74, 6) is -1.25. The Morgan fingerprint density at radius 3 is 1.90 bits per heavy atom. The molecular weight excluding hydrogens is 621 g/mol. The van der Waals surface area contributed by atoms with Gasteiger partial charge >= 0.3 is 5.97 Å². The number of carbonyl (C=O) groups is 3. The molecule has 0 N–H and O–H groups in total. The molecule has 1 spiro atoms. The summed E-state index contributed by atoms with van der Waals surface area (Å²) in [6, 6.07) is 20.9. The van der Waals surface area contributed by atoms with Crippen LogP contribution in [-0.2, 0) is 33.0 Å². The summed E-state index contributed by atoms with van der Waals surface area (Å²) in [6.07, 6.45) is 0.355. The molecule has 0 saturated heterocycles. The predicted molar refractivity (Wildman–Crippen MR) is 192 cm³/mol. The fourth-order valence-electron chi connectivity index (χ4n) is 8.52. The average molecular weight is 679 g/mol. The standard InChI is InChI=1S/C40H58O7Si/c1-27-31(25-46-48(38(6,7)8,29-18-14-12-15-19-29)30-20-16-13-17-21-30)40(23-22-32(35(40)42)45-26-44-11)34(39(9,10)28(2)41)24-33(27)47-36(43)37(3,4)5/h12-21,27,31-34H,22-26H2,1-11H3/t27-,31-,32+,33-,34-,40-/m0/s1. The Morgan fingerprint density at radius 2 is 1.44 bits per heavy atom. The summed E-state index contributed by atoms with van der Waals surface area (Å²) in [6.45, 7) is 20.1. The second-order valence-corrected chi connectivity index (χ2v) is 21.0. The van der Waals surface area contributed by atoms with Crippen molar-refractivity contribution in [2.24, 2.45) is 34.0 Å². The van der Waals surface area contributed by atoms with Crippen LogP contribution in [0.5, 0.6) is 0 Å². The van der Waals surface area contributed by atoms with Gasteiger partial charge in [0.15, 0.2) is 5.78 Å². The Morgan fingerprint density at radius 1 is 0.896 bits per heavy atom. The molecule has 0 heterocycles. The summed E-state index contributed by atoms with van der Waals surface area (Å²) in [5, 5.41) is 2.02. The van der Waals surface area contributed by atoms with Gasteiger partial charge in [-0.1, -0.05) is 102 Å². The molecule has 0 aromatic heterocycles. The van der Waals surface area contributed by atoms with E-state index in [1.54, 1.807) is 14.0 Å². The lowest BCUT2D eigenvalue weighted by molar-refractivity contribution is -0.186. The number of hydrogen-bond acceptors (Lipinski definition) is 7. The SMILES string of the molecule is COCO[C@@H]1CC[C@]2(C1=O)[C@@H](CO[Si](c1ccccc1)(c1ccccc1)C(C)(C)C)[C@H](C)[C@@H](OC(=O)C(C)(C)C)C[C@H]2C(C)(C)C(C)=O. The monoisotopic (exact) mass is 678 g/mol. The van der Waals surface area contributed by atoms with E-state index in [4.69, 9.17) is 18.6 Å². The predicted octanol–water partition coefficient (Wildman–Crippen LogP) is 6.75. The minimum Gasteiger partial charge on any atom is -0.462 e. The third-order valence-electron chi connectivity index (χ3n) is 11.5. The van der Waals surface area contributed by atoms with Crippen molar-refractivity contribution in [2.45, 2.75) is 106 Å². The van der Waals surface area contributed by atoms with Gasteiger partial charge in [0.05, 0.1) is 5.41 Å². The van der Waals surface area contributed by atoms with Gasteiger partial charge in [-0.3, -0.25) is 14.4 Å². The van der Waals surface area contributed by atoms with Crippen molar-refractivity contribution in [1.29, 1.82) is 0 Å². The van der Waals surface area contributed by atoms with E-state index >= 15 is 0 Å². The highest BCUT2D eigenvalue weighted by atomic mass is 28.4. The number of esters is 1. The number of rotatable bonds is 11. The number of carbonyl (C=O) groups excluding carboxylic acids is 3. The average Bonchev–Trinajstić information content (AvgIpc) is 3.34. The number of benzene rings is 2. The molecule has 2 saturated carbocycles. The van der Waals surface area contributed by atoms with Gasteiger partial charge < -0.3 is 18.6 Å². The molecule has 2 aliphatic rings. The molecule has 4 rings (SSSR count). The lowest BCUT2D eigenvalue weighted by atomic mass is 9.48. The maximum absolute atomic E-state index is 14.9. The fourth-order valence-corrected chi connectivity index (χ4v) is 13.1. The lowest BCUT2D eigenvalue weighted by Crippen LogP contribution is -2.68. The number of ether oxygens (including phenoxy) is 3. The molecule has 0 bridgehead atoms. The maximum atomic E-state index is 14.9. The highest BCUT2D eigenvalue weighted by Crippen LogP contribution is 2.62. The zero-order valence-corrected chi connectivity index (χ0v) is 32.1. The summed E-state index contributed by atoms with van der Waals surface area (Å²) < 4.78 is 25.1. The van der Waals surface area contributed by atoms with Crippen molar-refractivity contribution < 1.29 is 33.0 Å². The van der Waals surface area contributed by atoms with E-state index in [1.807, 2.05) is 46.8 Å². The van der Waals surface area contributed by atoms with Crippen LogP contribution in [0.1, 0.15) is 88.5 Å². The van der Waals surface area contributed by atoms with Crippen LogP contribution in [0.15, 0.2) is 60.7 Å². The molecule has 0 radical (unpaired) electrons. The smallest absolute Gasteiger partial charge is 0.311 e. The van der Waals surface area contributed by atoms with Gasteiger partial charge in [0.1, 0.15) is 24.8 Å². The Labute approximate surface area is 289 Å². The van der Waals surface area contributed by atoms with E-state index in [1.165, 1.54) is 0 Å². The van der Waals surface area contributed by atoms with Crippen LogP contribution in [-0.4, -0.2) is 58.6 Å². The van der Waals surface area contributed by atoms with Gasteiger partial charge in [-0.2, -0.15) is 0 Å². The largest absolute Gasteiger partial charge is 0.462 e. The fraction of sp³-hybridized carbons (Fsp3) is 0.625. The van der Waals surface area contributed by atoms with E-state index < -0.39 is 42.7 Å². The molecule has 0 amide bonds. The normalized spacial score (nSPS) is 26.9. The first kappa shape index (κ1) is 38.2. The highest BCUT2D eigenvalue weighted by Gasteiger charge is 2.66. The summed E-state index contributed by atoms with van der Waals surface area (Å²) in [7, 11) is -1.45. The van der Waals surface area contributed by atoms with Crippen molar-refractivity contribution in [2.75, 3.05) is 20.5 Å². The molecule has 7 nitrogen and oxygen atoms in total. The molecule has 2 aliphatic carbocycles. The minimum absolute atomic E-state index is 0.00219. The van der Waals surface area contributed by atoms with Gasteiger partial charge in [0, 0.05) is 30.5 Å². The van der Waals surface area contributed by atoms with E-state index in [-0.39, 0.29) is 47.8 Å². The zero-order chi connectivity index (χ0) is 35.7. The lowest BCUT2D eigenvalue weighted by Gasteiger charge is -2.57. The second-order valence-electron chi connectivity index (χ2n) is 16.7. The van der Waals surface area contributed by atoms with Crippen LogP contribution in [0, 0.1) is 34.0 Å². The molecule has 264 valence electrons. The van der Waals surface area contributed by atoms with Gasteiger partial charge in [-0.25, -0.2) is 0 Å². The molecule has 2 fully saturated rings. The zero-order valence-electron chi connectivity index (χ0n) is 31.1. The van der Waals surface area contributed by atoms with E-state index in [2.05, 4.69) is 76.2 Å². The van der Waals surface area contributed by atoms with Gasteiger partial charge in [0.2, 0.25) is 0 Å². The molecule has 6 atom stereocenters. The van der Waals surface area contributed by atoms with Crippen LogP contribution >= 0.6 is 0 Å². The topological polar surface area (TPSA) is 88.1 Å². The molecule has 0 unspecified atom stereocenters. The Balaban J connectivity index is 1.93. The third kappa shape index (κ3) is 6.87. The molecule has 8 heteroatoms. The molecule has 2 aromatic carbocycles. The number of ketones is 2. The maximum Gasteiger partial charge on any atom is 0.311 e. The summed E-state index contributed by atoms with van der Waals surface area (Å²) in [4.78, 5) is 41.8. The van der Waals surface area contributed by atoms with Gasteiger partial charge in [-0.15, -0.1) is 0 Å². The van der Waals surface area contributed by atoms with E-state index in [0.29, 0.717) is 19.3 Å². The van der Waals surface area contributed by atoms with Crippen LogP contribution in [0.3, 0.4) is 0 Å². The number of methoxy groups -OCH3 is 1. The van der Waals surface area contributed by atoms with Gasteiger partial charge in [-0.05, 0) is 74.2 Å². The minimum atomic E-state index is -3.00. The highest BCUT2D eigenvalue weighted by molar-refractivity contribution is 6.99. The molecule has 0 aliphatic heterocycles. The van der Waals surface area contributed by atoms with Crippen molar-refractivity contribution >= 4 is 36.2 Å². The van der Waals surface area contributed by atoms with Crippen molar-refractivity contribution in [3.8, 4) is 0 Å². The Hall–Kier alpha value is -2.65. The van der Waals surface area contributed by atoms with Crippen molar-refractivity contribution in [1.82, 2.24) is 0 Å². The first-order valence-electron chi connectivity index (χ1n) is 17.5. The van der Waals surface area contributed by atoms with Crippen molar-refractivity contribution in [3.05, 3.63) is 60.7 Å². The molecular formula is C40H58O7Si. The third-order valence-corrected chi connectivity index (χ3v) is 16.5.